The predicted molar refractivity (Wildman–Crippen MR) is 63.9 cm³/mol. The number of rotatable bonds is 3. The van der Waals surface area contributed by atoms with Gasteiger partial charge < -0.3 is 5.32 Å². The van der Waals surface area contributed by atoms with Crippen LogP contribution in [0.4, 0.5) is 0 Å². The van der Waals surface area contributed by atoms with Gasteiger partial charge in [0.2, 0.25) is 5.91 Å². The summed E-state index contributed by atoms with van der Waals surface area (Å²) in [7, 11) is -3.27. The molecule has 1 aliphatic rings. The van der Waals surface area contributed by atoms with Crippen molar-refractivity contribution in [3.05, 3.63) is 0 Å². The van der Waals surface area contributed by atoms with Crippen LogP contribution in [0.1, 0.15) is 45.4 Å². The Kier molecular flexibility index (Phi) is 4.77. The highest BCUT2D eigenvalue weighted by Gasteiger charge is 2.25. The Hall–Kier alpha value is -0.580. The van der Waals surface area contributed by atoms with Crippen LogP contribution in [0.5, 0.6) is 0 Å². The molecule has 1 saturated carbocycles. The molecule has 94 valence electrons. The lowest BCUT2D eigenvalue weighted by Crippen LogP contribution is -2.42. The van der Waals surface area contributed by atoms with Gasteiger partial charge in [-0.1, -0.05) is 25.7 Å². The zero-order chi connectivity index (χ0) is 12.2. The van der Waals surface area contributed by atoms with Crippen molar-refractivity contribution in [2.24, 2.45) is 0 Å². The van der Waals surface area contributed by atoms with Crippen LogP contribution < -0.4 is 5.32 Å². The highest BCUT2D eigenvalue weighted by atomic mass is 32.2. The number of carbonyl (C=O) groups is 1. The topological polar surface area (TPSA) is 63.2 Å². The normalized spacial score (nSPS) is 21.1. The van der Waals surface area contributed by atoms with Crippen LogP contribution in [0.2, 0.25) is 0 Å². The van der Waals surface area contributed by atoms with Gasteiger partial charge in [0.25, 0.3) is 0 Å². The zero-order valence-corrected chi connectivity index (χ0v) is 10.8. The van der Waals surface area contributed by atoms with Gasteiger partial charge in [-0.25, -0.2) is 8.42 Å². The fourth-order valence-electron chi connectivity index (χ4n) is 1.94. The van der Waals surface area contributed by atoms with Crippen LogP contribution in [-0.2, 0) is 14.6 Å². The van der Waals surface area contributed by atoms with Gasteiger partial charge in [0.15, 0.2) is 9.84 Å². The molecule has 5 heteroatoms. The monoisotopic (exact) mass is 247 g/mol. The SMILES string of the molecule is C[C@@H](C(=O)NC1CCCCCC1)S(C)(=O)=O. The molecule has 0 spiro atoms. The van der Waals surface area contributed by atoms with Crippen molar-refractivity contribution in [2.45, 2.75) is 56.7 Å². The largest absolute Gasteiger partial charge is 0.352 e. The average Bonchev–Trinajstić information content (AvgIpc) is 2.43. The highest BCUT2D eigenvalue weighted by molar-refractivity contribution is 7.92. The first-order valence-electron chi connectivity index (χ1n) is 5.90. The van der Waals surface area contributed by atoms with Crippen LogP contribution in [0, 0.1) is 0 Å². The second-order valence-corrected chi connectivity index (χ2v) is 7.03. The van der Waals surface area contributed by atoms with Crippen molar-refractivity contribution in [1.82, 2.24) is 5.32 Å². The molecule has 0 aliphatic heterocycles. The van der Waals surface area contributed by atoms with E-state index in [4.69, 9.17) is 0 Å². The molecule has 0 radical (unpaired) electrons. The van der Waals surface area contributed by atoms with Crippen molar-refractivity contribution in [2.75, 3.05) is 6.26 Å². The predicted octanol–water partition coefficient (Wildman–Crippen LogP) is 1.26. The zero-order valence-electron chi connectivity index (χ0n) is 10.0. The van der Waals surface area contributed by atoms with Gasteiger partial charge >= 0.3 is 0 Å². The third-order valence-corrected chi connectivity index (χ3v) is 4.71. The summed E-state index contributed by atoms with van der Waals surface area (Å²) in [5, 5.41) is 1.91. The van der Waals surface area contributed by atoms with Gasteiger partial charge in [-0.05, 0) is 19.8 Å². The molecular weight excluding hydrogens is 226 g/mol. The summed E-state index contributed by atoms with van der Waals surface area (Å²) in [6.45, 7) is 1.45. The Labute approximate surface area is 97.7 Å². The summed E-state index contributed by atoms with van der Waals surface area (Å²) in [5.74, 6) is -0.352. The summed E-state index contributed by atoms with van der Waals surface area (Å²) < 4.78 is 22.4. The molecule has 0 heterocycles. The maximum atomic E-state index is 11.7. The summed E-state index contributed by atoms with van der Waals surface area (Å²) in [6, 6.07) is 0.166. The number of hydrogen-bond acceptors (Lipinski definition) is 3. The van der Waals surface area contributed by atoms with Crippen molar-refractivity contribution in [3.8, 4) is 0 Å². The molecule has 1 N–H and O–H groups in total. The first kappa shape index (κ1) is 13.5. The Morgan fingerprint density at radius 3 is 2.12 bits per heavy atom. The lowest BCUT2D eigenvalue weighted by atomic mass is 10.1. The first-order chi connectivity index (χ1) is 7.41. The third kappa shape index (κ3) is 4.12. The molecule has 1 aliphatic carbocycles. The van der Waals surface area contributed by atoms with Crippen LogP contribution >= 0.6 is 0 Å². The molecule has 1 rings (SSSR count). The smallest absolute Gasteiger partial charge is 0.238 e. The fourth-order valence-corrected chi connectivity index (χ4v) is 2.39. The maximum absolute atomic E-state index is 11.7. The molecule has 4 nitrogen and oxygen atoms in total. The molecule has 0 bridgehead atoms. The number of sulfone groups is 1. The van der Waals surface area contributed by atoms with Crippen LogP contribution in [0.15, 0.2) is 0 Å². The first-order valence-corrected chi connectivity index (χ1v) is 7.86. The van der Waals surface area contributed by atoms with Crippen molar-refractivity contribution >= 4 is 15.7 Å². The molecule has 0 saturated heterocycles. The minimum atomic E-state index is -3.27. The van der Waals surface area contributed by atoms with E-state index in [0.717, 1.165) is 31.9 Å². The van der Waals surface area contributed by atoms with E-state index in [1.54, 1.807) is 0 Å². The van der Waals surface area contributed by atoms with E-state index < -0.39 is 15.1 Å². The second kappa shape index (κ2) is 5.66. The van der Waals surface area contributed by atoms with E-state index >= 15 is 0 Å². The summed E-state index contributed by atoms with van der Waals surface area (Å²) in [4.78, 5) is 11.7. The minimum Gasteiger partial charge on any atom is -0.352 e. The summed E-state index contributed by atoms with van der Waals surface area (Å²) in [5.41, 5.74) is 0. The molecule has 16 heavy (non-hydrogen) atoms. The maximum Gasteiger partial charge on any atom is 0.238 e. The van der Waals surface area contributed by atoms with Crippen LogP contribution in [0.25, 0.3) is 0 Å². The molecule has 1 fully saturated rings. The van der Waals surface area contributed by atoms with E-state index in [0.29, 0.717) is 0 Å². The van der Waals surface area contributed by atoms with Crippen LogP contribution in [0.3, 0.4) is 0 Å². The molecular formula is C11H21NO3S. The Bertz CT molecular complexity index is 329. The number of nitrogens with one attached hydrogen (secondary N) is 1. The van der Waals surface area contributed by atoms with E-state index in [2.05, 4.69) is 5.32 Å². The molecule has 1 atom stereocenters. The molecule has 1 amide bonds. The van der Waals surface area contributed by atoms with Gasteiger partial charge in [0.1, 0.15) is 5.25 Å². The van der Waals surface area contributed by atoms with E-state index in [9.17, 15) is 13.2 Å². The van der Waals surface area contributed by atoms with Gasteiger partial charge in [-0.15, -0.1) is 0 Å². The molecule has 0 aromatic rings. The second-order valence-electron chi connectivity index (χ2n) is 4.67. The summed E-state index contributed by atoms with van der Waals surface area (Å²) in [6.07, 6.45) is 7.73. The van der Waals surface area contributed by atoms with Crippen molar-refractivity contribution < 1.29 is 13.2 Å². The molecule has 0 aromatic heterocycles. The van der Waals surface area contributed by atoms with Crippen molar-refractivity contribution in [1.29, 1.82) is 0 Å². The Morgan fingerprint density at radius 2 is 1.69 bits per heavy atom. The lowest BCUT2D eigenvalue weighted by molar-refractivity contribution is -0.121. The van der Waals surface area contributed by atoms with Crippen LogP contribution in [-0.4, -0.2) is 31.9 Å². The van der Waals surface area contributed by atoms with Gasteiger partial charge in [0, 0.05) is 12.3 Å². The quantitative estimate of drug-likeness (QED) is 0.764. The highest BCUT2D eigenvalue weighted by Crippen LogP contribution is 2.17. The van der Waals surface area contributed by atoms with Crippen molar-refractivity contribution in [3.63, 3.8) is 0 Å². The third-order valence-electron chi connectivity index (χ3n) is 3.21. The Balaban J connectivity index is 2.50. The van der Waals surface area contributed by atoms with E-state index in [1.807, 2.05) is 0 Å². The summed E-state index contributed by atoms with van der Waals surface area (Å²) >= 11 is 0. The van der Waals surface area contributed by atoms with Gasteiger partial charge in [-0.3, -0.25) is 4.79 Å². The van der Waals surface area contributed by atoms with Gasteiger partial charge in [-0.2, -0.15) is 0 Å². The lowest BCUT2D eigenvalue weighted by Gasteiger charge is -2.18. The van der Waals surface area contributed by atoms with Gasteiger partial charge in [0.05, 0.1) is 0 Å². The minimum absolute atomic E-state index is 0.166. The average molecular weight is 247 g/mol. The number of amides is 1. The fraction of sp³-hybridized carbons (Fsp3) is 0.909. The van der Waals surface area contributed by atoms with E-state index in [1.165, 1.54) is 19.8 Å². The Morgan fingerprint density at radius 1 is 1.19 bits per heavy atom. The molecule has 0 aromatic carbocycles. The van der Waals surface area contributed by atoms with E-state index in [-0.39, 0.29) is 11.9 Å². The molecule has 0 unspecified atom stereocenters. The standard InChI is InChI=1S/C11H21NO3S/c1-9(16(2,14)15)11(13)12-10-7-5-3-4-6-8-10/h9-10H,3-8H2,1-2H3,(H,12,13)/t9-/m0/s1. The number of carbonyl (C=O) groups excluding carboxylic acids is 1. The number of hydrogen-bond donors (Lipinski definition) is 1.